The van der Waals surface area contributed by atoms with Crippen LogP contribution in [0.1, 0.15) is 25.0 Å². The average molecular weight is 148 g/mol. The van der Waals surface area contributed by atoms with Gasteiger partial charge in [0.05, 0.1) is 5.69 Å². The Morgan fingerprint density at radius 1 is 1.64 bits per heavy atom. The Kier molecular flexibility index (Phi) is 2.78. The highest BCUT2D eigenvalue weighted by atomic mass is 14.8. The standard InChI is InChI=1S/C9H12N2/c1-3-8(4-2)9-7-10-5-6-11-9/h3,5-8H,1,4H2,2H3. The highest BCUT2D eigenvalue weighted by Crippen LogP contribution is 2.15. The van der Waals surface area contributed by atoms with Gasteiger partial charge in [-0.25, -0.2) is 0 Å². The summed E-state index contributed by atoms with van der Waals surface area (Å²) in [5, 5.41) is 0. The molecule has 0 fully saturated rings. The van der Waals surface area contributed by atoms with E-state index >= 15 is 0 Å². The van der Waals surface area contributed by atoms with Gasteiger partial charge in [-0.3, -0.25) is 9.97 Å². The van der Waals surface area contributed by atoms with E-state index in [1.54, 1.807) is 18.6 Å². The van der Waals surface area contributed by atoms with Crippen molar-refractivity contribution in [3.63, 3.8) is 0 Å². The van der Waals surface area contributed by atoms with Crippen molar-refractivity contribution in [3.05, 3.63) is 36.9 Å². The summed E-state index contributed by atoms with van der Waals surface area (Å²) < 4.78 is 0. The molecule has 0 bridgehead atoms. The molecule has 0 aliphatic heterocycles. The SMILES string of the molecule is C=CC(CC)c1cnccn1. The van der Waals surface area contributed by atoms with Gasteiger partial charge in [-0.1, -0.05) is 13.0 Å². The molecule has 1 rings (SSSR count). The minimum absolute atomic E-state index is 0.351. The lowest BCUT2D eigenvalue weighted by Crippen LogP contribution is -1.96. The van der Waals surface area contributed by atoms with E-state index in [2.05, 4.69) is 23.5 Å². The summed E-state index contributed by atoms with van der Waals surface area (Å²) in [6.07, 6.45) is 8.11. The molecule has 0 N–H and O–H groups in total. The van der Waals surface area contributed by atoms with Gasteiger partial charge in [0.2, 0.25) is 0 Å². The van der Waals surface area contributed by atoms with Crippen LogP contribution < -0.4 is 0 Å². The van der Waals surface area contributed by atoms with Crippen LogP contribution in [0.4, 0.5) is 0 Å². The molecule has 2 nitrogen and oxygen atoms in total. The molecule has 0 spiro atoms. The maximum absolute atomic E-state index is 4.19. The summed E-state index contributed by atoms with van der Waals surface area (Å²) >= 11 is 0. The highest BCUT2D eigenvalue weighted by Gasteiger charge is 2.04. The van der Waals surface area contributed by atoms with Gasteiger partial charge in [-0.05, 0) is 6.42 Å². The van der Waals surface area contributed by atoms with Crippen molar-refractivity contribution in [1.82, 2.24) is 9.97 Å². The van der Waals surface area contributed by atoms with E-state index in [0.29, 0.717) is 5.92 Å². The molecule has 11 heavy (non-hydrogen) atoms. The number of allylic oxidation sites excluding steroid dienone is 1. The van der Waals surface area contributed by atoms with E-state index in [9.17, 15) is 0 Å². The van der Waals surface area contributed by atoms with Crippen molar-refractivity contribution in [1.29, 1.82) is 0 Å². The molecule has 0 saturated carbocycles. The number of hydrogen-bond acceptors (Lipinski definition) is 2. The monoisotopic (exact) mass is 148 g/mol. The Morgan fingerprint density at radius 2 is 2.45 bits per heavy atom. The molecule has 0 saturated heterocycles. The quantitative estimate of drug-likeness (QED) is 0.614. The summed E-state index contributed by atoms with van der Waals surface area (Å²) in [5.74, 6) is 0.351. The van der Waals surface area contributed by atoms with Crippen LogP contribution in [-0.4, -0.2) is 9.97 Å². The molecule has 0 aromatic carbocycles. The van der Waals surface area contributed by atoms with E-state index in [-0.39, 0.29) is 0 Å². The molecule has 0 aliphatic rings. The number of aromatic nitrogens is 2. The van der Waals surface area contributed by atoms with E-state index in [0.717, 1.165) is 12.1 Å². The van der Waals surface area contributed by atoms with Gasteiger partial charge in [0.1, 0.15) is 0 Å². The molecule has 58 valence electrons. The summed E-state index contributed by atoms with van der Waals surface area (Å²) in [7, 11) is 0. The predicted molar refractivity (Wildman–Crippen MR) is 45.3 cm³/mol. The fourth-order valence-corrected chi connectivity index (χ4v) is 0.999. The van der Waals surface area contributed by atoms with Crippen LogP contribution in [0, 0.1) is 0 Å². The number of rotatable bonds is 3. The Balaban J connectivity index is 2.82. The van der Waals surface area contributed by atoms with Crippen LogP contribution in [-0.2, 0) is 0 Å². The first-order chi connectivity index (χ1) is 5.38. The molecule has 1 unspecified atom stereocenters. The van der Waals surface area contributed by atoms with Crippen molar-refractivity contribution in [2.24, 2.45) is 0 Å². The highest BCUT2D eigenvalue weighted by molar-refractivity contribution is 5.09. The Labute approximate surface area is 67.0 Å². The third-order valence-corrected chi connectivity index (χ3v) is 1.69. The topological polar surface area (TPSA) is 25.8 Å². The zero-order chi connectivity index (χ0) is 8.10. The summed E-state index contributed by atoms with van der Waals surface area (Å²) in [6, 6.07) is 0. The Morgan fingerprint density at radius 3 is 2.91 bits per heavy atom. The first-order valence-electron chi connectivity index (χ1n) is 3.77. The van der Waals surface area contributed by atoms with E-state index in [4.69, 9.17) is 0 Å². The summed E-state index contributed by atoms with van der Waals surface area (Å²) in [4.78, 5) is 8.18. The average Bonchev–Trinajstić information content (AvgIpc) is 2.09. The molecule has 1 aromatic rings. The Hall–Kier alpha value is -1.18. The van der Waals surface area contributed by atoms with Crippen LogP contribution in [0.15, 0.2) is 31.2 Å². The minimum atomic E-state index is 0.351. The largest absolute Gasteiger partial charge is 0.261 e. The maximum Gasteiger partial charge on any atom is 0.0654 e. The molecule has 0 aliphatic carbocycles. The third-order valence-electron chi connectivity index (χ3n) is 1.69. The fourth-order valence-electron chi connectivity index (χ4n) is 0.999. The molecule has 1 aromatic heterocycles. The molecule has 2 heteroatoms. The normalized spacial score (nSPS) is 12.5. The second-order valence-corrected chi connectivity index (χ2v) is 2.38. The van der Waals surface area contributed by atoms with Gasteiger partial charge >= 0.3 is 0 Å². The molecular formula is C9H12N2. The van der Waals surface area contributed by atoms with Crippen LogP contribution in [0.25, 0.3) is 0 Å². The lowest BCUT2D eigenvalue weighted by atomic mass is 10.0. The number of nitrogens with zero attached hydrogens (tertiary/aromatic N) is 2. The van der Waals surface area contributed by atoms with Crippen molar-refractivity contribution >= 4 is 0 Å². The van der Waals surface area contributed by atoms with Crippen molar-refractivity contribution in [3.8, 4) is 0 Å². The molecule has 0 amide bonds. The van der Waals surface area contributed by atoms with Crippen LogP contribution in [0.3, 0.4) is 0 Å². The lowest BCUT2D eigenvalue weighted by molar-refractivity contribution is 0.769. The summed E-state index contributed by atoms with van der Waals surface area (Å²) in [6.45, 7) is 5.85. The second-order valence-electron chi connectivity index (χ2n) is 2.38. The third kappa shape index (κ3) is 1.87. The number of hydrogen-bond donors (Lipinski definition) is 0. The van der Waals surface area contributed by atoms with Crippen LogP contribution in [0.2, 0.25) is 0 Å². The summed E-state index contributed by atoms with van der Waals surface area (Å²) in [5.41, 5.74) is 1.00. The molecular weight excluding hydrogens is 136 g/mol. The van der Waals surface area contributed by atoms with E-state index in [1.165, 1.54) is 0 Å². The molecule has 1 atom stereocenters. The van der Waals surface area contributed by atoms with Gasteiger partial charge in [-0.15, -0.1) is 6.58 Å². The zero-order valence-corrected chi connectivity index (χ0v) is 6.70. The van der Waals surface area contributed by atoms with Gasteiger partial charge in [0.15, 0.2) is 0 Å². The van der Waals surface area contributed by atoms with E-state index in [1.807, 2.05) is 6.08 Å². The van der Waals surface area contributed by atoms with E-state index < -0.39 is 0 Å². The second kappa shape index (κ2) is 3.86. The van der Waals surface area contributed by atoms with Gasteiger partial charge < -0.3 is 0 Å². The van der Waals surface area contributed by atoms with Gasteiger partial charge in [0.25, 0.3) is 0 Å². The maximum atomic E-state index is 4.19. The Bertz CT molecular complexity index is 218. The molecule has 1 heterocycles. The molecule has 0 radical (unpaired) electrons. The predicted octanol–water partition coefficient (Wildman–Crippen LogP) is 2.16. The van der Waals surface area contributed by atoms with Crippen LogP contribution in [0.5, 0.6) is 0 Å². The first kappa shape index (κ1) is 7.92. The fraction of sp³-hybridized carbons (Fsp3) is 0.333. The lowest BCUT2D eigenvalue weighted by Gasteiger charge is -2.06. The van der Waals surface area contributed by atoms with Crippen molar-refractivity contribution < 1.29 is 0 Å². The van der Waals surface area contributed by atoms with Gasteiger partial charge in [-0.2, -0.15) is 0 Å². The van der Waals surface area contributed by atoms with Gasteiger partial charge in [0, 0.05) is 24.5 Å². The first-order valence-corrected chi connectivity index (χ1v) is 3.77. The smallest absolute Gasteiger partial charge is 0.0654 e. The van der Waals surface area contributed by atoms with Crippen LogP contribution >= 0.6 is 0 Å². The minimum Gasteiger partial charge on any atom is -0.261 e. The zero-order valence-electron chi connectivity index (χ0n) is 6.70. The van der Waals surface area contributed by atoms with Crippen molar-refractivity contribution in [2.75, 3.05) is 0 Å². The van der Waals surface area contributed by atoms with Crippen molar-refractivity contribution in [2.45, 2.75) is 19.3 Å².